The molecule has 126 valence electrons. The summed E-state index contributed by atoms with van der Waals surface area (Å²) in [6, 6.07) is 15.7. The highest BCUT2D eigenvalue weighted by atomic mass is 35.5. The van der Waals surface area contributed by atoms with E-state index in [-0.39, 0.29) is 5.54 Å². The molecule has 0 fully saturated rings. The molecule has 0 aromatic heterocycles. The van der Waals surface area contributed by atoms with Gasteiger partial charge in [0.2, 0.25) is 0 Å². The molecule has 1 N–H and O–H groups in total. The number of hydrogen-bond acceptors (Lipinski definition) is 2. The molecule has 4 heteroatoms. The molecule has 0 unspecified atom stereocenters. The van der Waals surface area contributed by atoms with E-state index in [1.165, 1.54) is 4.90 Å². The monoisotopic (exact) mass is 369 g/mol. The Morgan fingerprint density at radius 3 is 2.00 bits per heavy atom. The van der Waals surface area contributed by atoms with Crippen molar-refractivity contribution in [3.05, 3.63) is 58.6 Å². The Kier molecular flexibility index (Phi) is 8.32. The lowest BCUT2D eigenvalue weighted by molar-refractivity contribution is 0.634. The van der Waals surface area contributed by atoms with Crippen LogP contribution in [0.1, 0.15) is 34.6 Å². The van der Waals surface area contributed by atoms with E-state index in [0.29, 0.717) is 5.25 Å². The Morgan fingerprint density at radius 2 is 1.52 bits per heavy atom. The van der Waals surface area contributed by atoms with E-state index >= 15 is 0 Å². The van der Waals surface area contributed by atoms with Crippen LogP contribution in [0.2, 0.25) is 10.0 Å². The first-order chi connectivity index (χ1) is 10.7. The normalized spacial score (nSPS) is 11.0. The van der Waals surface area contributed by atoms with Crippen LogP contribution in [0.4, 0.5) is 5.69 Å². The first-order valence-electron chi connectivity index (χ1n) is 7.62. The Hall–Kier alpha value is -0.830. The molecule has 1 nitrogen and oxygen atoms in total. The highest BCUT2D eigenvalue weighted by molar-refractivity contribution is 7.99. The standard InChI is InChI=1S/C10H14ClN.C9H11ClS/c1-10(2,3)12-9-6-4-5-8(11)7-9;1-7(2)11-9-5-3-8(10)4-6-9/h4-7,12H,1-3H3;3-7H,1-2H3. The fraction of sp³-hybridized carbons (Fsp3) is 0.368. The van der Waals surface area contributed by atoms with Gasteiger partial charge in [-0.3, -0.25) is 0 Å². The van der Waals surface area contributed by atoms with Crippen molar-refractivity contribution in [3.8, 4) is 0 Å². The zero-order chi connectivity index (χ0) is 17.5. The second-order valence-electron chi connectivity index (χ2n) is 6.51. The van der Waals surface area contributed by atoms with Crippen molar-refractivity contribution < 1.29 is 0 Å². The fourth-order valence-electron chi connectivity index (χ4n) is 1.78. The largest absolute Gasteiger partial charge is 0.380 e. The Labute approximate surface area is 154 Å². The van der Waals surface area contributed by atoms with Crippen molar-refractivity contribution in [1.29, 1.82) is 0 Å². The Morgan fingerprint density at radius 1 is 0.913 bits per heavy atom. The van der Waals surface area contributed by atoms with Gasteiger partial charge in [0, 0.05) is 31.4 Å². The SMILES string of the molecule is CC(C)(C)Nc1cccc(Cl)c1.CC(C)Sc1ccc(Cl)cc1. The minimum absolute atomic E-state index is 0.0880. The van der Waals surface area contributed by atoms with E-state index in [4.69, 9.17) is 23.2 Å². The van der Waals surface area contributed by atoms with Crippen LogP contribution in [-0.2, 0) is 0 Å². The number of thioether (sulfide) groups is 1. The first kappa shape index (κ1) is 20.2. The zero-order valence-electron chi connectivity index (χ0n) is 14.4. The van der Waals surface area contributed by atoms with Crippen molar-refractivity contribution in [2.45, 2.75) is 50.3 Å². The molecule has 0 amide bonds. The van der Waals surface area contributed by atoms with E-state index < -0.39 is 0 Å². The number of rotatable bonds is 3. The van der Waals surface area contributed by atoms with Crippen LogP contribution < -0.4 is 5.32 Å². The van der Waals surface area contributed by atoms with Gasteiger partial charge in [-0.05, 0) is 63.2 Å². The molecular formula is C19H25Cl2NS. The molecule has 0 atom stereocenters. The van der Waals surface area contributed by atoms with Crippen molar-refractivity contribution in [3.63, 3.8) is 0 Å². The average Bonchev–Trinajstić information content (AvgIpc) is 2.40. The maximum Gasteiger partial charge on any atom is 0.0426 e. The van der Waals surface area contributed by atoms with Crippen LogP contribution in [0.3, 0.4) is 0 Å². The molecule has 0 aliphatic carbocycles. The lowest BCUT2D eigenvalue weighted by Crippen LogP contribution is -2.25. The molecule has 0 saturated heterocycles. The van der Waals surface area contributed by atoms with Gasteiger partial charge < -0.3 is 5.32 Å². The number of anilines is 1. The van der Waals surface area contributed by atoms with Gasteiger partial charge in [-0.15, -0.1) is 11.8 Å². The van der Waals surface area contributed by atoms with Crippen molar-refractivity contribution >= 4 is 40.7 Å². The summed E-state index contributed by atoms with van der Waals surface area (Å²) in [6.07, 6.45) is 0. The summed E-state index contributed by atoms with van der Waals surface area (Å²) in [7, 11) is 0. The minimum atomic E-state index is 0.0880. The van der Waals surface area contributed by atoms with Crippen molar-refractivity contribution in [2.24, 2.45) is 0 Å². The average molecular weight is 370 g/mol. The summed E-state index contributed by atoms with van der Waals surface area (Å²) in [5, 5.41) is 5.54. The van der Waals surface area contributed by atoms with E-state index in [9.17, 15) is 0 Å². The molecule has 23 heavy (non-hydrogen) atoms. The maximum absolute atomic E-state index is 5.83. The van der Waals surface area contributed by atoms with Gasteiger partial charge in [0.1, 0.15) is 0 Å². The lowest BCUT2D eigenvalue weighted by Gasteiger charge is -2.22. The third-order valence-electron chi connectivity index (χ3n) is 2.53. The quantitative estimate of drug-likeness (QED) is 0.565. The molecule has 0 saturated carbocycles. The van der Waals surface area contributed by atoms with E-state index in [1.54, 1.807) is 0 Å². The van der Waals surface area contributed by atoms with Crippen LogP contribution in [0.5, 0.6) is 0 Å². The molecule has 0 heterocycles. The van der Waals surface area contributed by atoms with Crippen LogP contribution in [-0.4, -0.2) is 10.8 Å². The fourth-order valence-corrected chi connectivity index (χ4v) is 2.94. The molecule has 0 bridgehead atoms. The van der Waals surface area contributed by atoms with Gasteiger partial charge >= 0.3 is 0 Å². The smallest absolute Gasteiger partial charge is 0.0426 e. The van der Waals surface area contributed by atoms with Crippen LogP contribution in [0.15, 0.2) is 53.4 Å². The molecule has 0 spiro atoms. The lowest BCUT2D eigenvalue weighted by atomic mass is 10.1. The van der Waals surface area contributed by atoms with Gasteiger partial charge in [-0.1, -0.05) is 43.1 Å². The third-order valence-corrected chi connectivity index (χ3v) is 4.03. The predicted octanol–water partition coefficient (Wildman–Crippen LogP) is 7.39. The van der Waals surface area contributed by atoms with E-state index in [2.05, 4.69) is 39.9 Å². The first-order valence-corrected chi connectivity index (χ1v) is 9.25. The maximum atomic E-state index is 5.83. The minimum Gasteiger partial charge on any atom is -0.380 e. The number of halogens is 2. The molecule has 2 aromatic carbocycles. The molecule has 0 radical (unpaired) electrons. The van der Waals surface area contributed by atoms with E-state index in [1.807, 2.05) is 60.3 Å². The summed E-state index contributed by atoms with van der Waals surface area (Å²) in [5.41, 5.74) is 1.15. The second kappa shape index (κ2) is 9.46. The highest BCUT2D eigenvalue weighted by Crippen LogP contribution is 2.23. The molecule has 2 rings (SSSR count). The molecule has 0 aliphatic rings. The Bertz CT molecular complexity index is 589. The topological polar surface area (TPSA) is 12.0 Å². The van der Waals surface area contributed by atoms with Gasteiger partial charge in [0.15, 0.2) is 0 Å². The molecule has 0 aliphatic heterocycles. The number of hydrogen-bond donors (Lipinski definition) is 1. The van der Waals surface area contributed by atoms with Gasteiger partial charge in [0.05, 0.1) is 0 Å². The van der Waals surface area contributed by atoms with Gasteiger partial charge in [0.25, 0.3) is 0 Å². The van der Waals surface area contributed by atoms with Crippen LogP contribution >= 0.6 is 35.0 Å². The highest BCUT2D eigenvalue weighted by Gasteiger charge is 2.08. The number of benzene rings is 2. The summed E-state index contributed by atoms with van der Waals surface area (Å²) in [5.74, 6) is 0. The second-order valence-corrected chi connectivity index (χ2v) is 9.03. The number of nitrogens with one attached hydrogen (secondary N) is 1. The van der Waals surface area contributed by atoms with Crippen molar-refractivity contribution in [1.82, 2.24) is 0 Å². The summed E-state index contributed by atoms with van der Waals surface area (Å²) < 4.78 is 0. The summed E-state index contributed by atoms with van der Waals surface area (Å²) in [6.45, 7) is 10.7. The van der Waals surface area contributed by atoms with Crippen LogP contribution in [0.25, 0.3) is 0 Å². The molecule has 2 aromatic rings. The third kappa shape index (κ3) is 9.80. The summed E-state index contributed by atoms with van der Waals surface area (Å²) >= 11 is 13.4. The zero-order valence-corrected chi connectivity index (χ0v) is 16.7. The van der Waals surface area contributed by atoms with E-state index in [0.717, 1.165) is 15.7 Å². The summed E-state index contributed by atoms with van der Waals surface area (Å²) in [4.78, 5) is 1.28. The predicted molar refractivity (Wildman–Crippen MR) is 107 cm³/mol. The van der Waals surface area contributed by atoms with Crippen molar-refractivity contribution in [2.75, 3.05) is 5.32 Å². The van der Waals surface area contributed by atoms with Gasteiger partial charge in [-0.25, -0.2) is 0 Å². The van der Waals surface area contributed by atoms with Gasteiger partial charge in [-0.2, -0.15) is 0 Å². The molecular weight excluding hydrogens is 345 g/mol. The van der Waals surface area contributed by atoms with Crippen LogP contribution in [0, 0.1) is 0 Å². The Balaban J connectivity index is 0.000000231.